The zero-order valence-corrected chi connectivity index (χ0v) is 8.11. The topological polar surface area (TPSA) is 46.2 Å². The Labute approximate surface area is 85.3 Å². The first-order valence-electron chi connectivity index (χ1n) is 4.13. The van der Waals surface area contributed by atoms with Gasteiger partial charge in [-0.15, -0.1) is 0 Å². The highest BCUT2D eigenvalue weighted by Crippen LogP contribution is 2.32. The Morgan fingerprint density at radius 2 is 2.07 bits per heavy atom. The zero-order chi connectivity index (χ0) is 10.7. The van der Waals surface area contributed by atoms with Crippen molar-refractivity contribution in [2.24, 2.45) is 5.73 Å². The van der Waals surface area contributed by atoms with Crippen molar-refractivity contribution in [2.45, 2.75) is 12.8 Å². The minimum absolute atomic E-state index is 0.277. The number of phenolic OH excluding ortho intramolecular Hbond substituents is 1. The Balaban J connectivity index is 3.06. The summed E-state index contributed by atoms with van der Waals surface area (Å²) in [5, 5.41) is 8.78. The molecule has 0 radical (unpaired) electrons. The molecule has 1 rings (SSSR count). The van der Waals surface area contributed by atoms with Crippen LogP contribution in [0.1, 0.15) is 12.0 Å². The second kappa shape index (κ2) is 4.57. The number of rotatable bonds is 3. The summed E-state index contributed by atoms with van der Waals surface area (Å²) in [6, 6.07) is 0.937. The van der Waals surface area contributed by atoms with Crippen LogP contribution in [-0.4, -0.2) is 11.7 Å². The fraction of sp³-hybridized carbons (Fsp3) is 0.333. The maximum atomic E-state index is 12.8. The van der Waals surface area contributed by atoms with Crippen molar-refractivity contribution in [3.8, 4) is 5.75 Å². The maximum absolute atomic E-state index is 12.8. The number of aryl methyl sites for hydroxylation is 1. The van der Waals surface area contributed by atoms with Crippen LogP contribution < -0.4 is 5.73 Å². The van der Waals surface area contributed by atoms with Crippen molar-refractivity contribution in [3.63, 3.8) is 0 Å². The summed E-state index contributed by atoms with van der Waals surface area (Å²) in [6.45, 7) is 0.413. The van der Waals surface area contributed by atoms with Gasteiger partial charge in [0.25, 0.3) is 0 Å². The predicted molar refractivity (Wildman–Crippen MR) is 50.4 cm³/mol. The van der Waals surface area contributed by atoms with Gasteiger partial charge >= 0.3 is 0 Å². The van der Waals surface area contributed by atoms with Gasteiger partial charge in [-0.1, -0.05) is 11.6 Å². The highest BCUT2D eigenvalue weighted by molar-refractivity contribution is 6.32. The van der Waals surface area contributed by atoms with E-state index in [9.17, 15) is 13.9 Å². The molecule has 3 N–H and O–H groups in total. The largest absolute Gasteiger partial charge is 0.506 e. The van der Waals surface area contributed by atoms with Gasteiger partial charge in [0.15, 0.2) is 11.6 Å². The number of phenols is 1. The molecule has 0 amide bonds. The van der Waals surface area contributed by atoms with Crippen molar-refractivity contribution in [1.29, 1.82) is 0 Å². The standard InChI is InChI=1S/C9H10ClF2NO/c10-7-8(12)6(11)4-5(9(7)14)2-1-3-13/h4,14H,1-3,13H2. The minimum atomic E-state index is -1.22. The number of nitrogens with two attached hydrogens (primary N) is 1. The van der Waals surface area contributed by atoms with Crippen LogP contribution in [0.3, 0.4) is 0 Å². The number of benzene rings is 1. The SMILES string of the molecule is NCCCc1cc(F)c(F)c(Cl)c1O. The molecule has 78 valence electrons. The monoisotopic (exact) mass is 221 g/mol. The fourth-order valence-corrected chi connectivity index (χ4v) is 1.33. The molecule has 0 aromatic heterocycles. The Hall–Kier alpha value is -0.870. The molecule has 0 aliphatic rings. The molecule has 0 fully saturated rings. The molecule has 0 aliphatic carbocycles. The van der Waals surface area contributed by atoms with E-state index in [0.29, 0.717) is 19.4 Å². The van der Waals surface area contributed by atoms with E-state index in [-0.39, 0.29) is 5.56 Å². The van der Waals surface area contributed by atoms with Gasteiger partial charge in [0.1, 0.15) is 10.8 Å². The van der Waals surface area contributed by atoms with Gasteiger partial charge in [0.2, 0.25) is 0 Å². The van der Waals surface area contributed by atoms with Crippen LogP contribution in [0.4, 0.5) is 8.78 Å². The summed E-state index contributed by atoms with van der Waals surface area (Å²) in [5.41, 5.74) is 5.53. The molecule has 0 aliphatic heterocycles. The number of halogens is 3. The molecule has 0 saturated carbocycles. The van der Waals surface area contributed by atoms with Crippen molar-refractivity contribution in [3.05, 3.63) is 28.3 Å². The Kier molecular flexibility index (Phi) is 3.66. The van der Waals surface area contributed by atoms with Crippen LogP contribution in [0.2, 0.25) is 5.02 Å². The van der Waals surface area contributed by atoms with E-state index in [0.717, 1.165) is 6.07 Å². The van der Waals surface area contributed by atoms with E-state index in [1.807, 2.05) is 0 Å². The summed E-state index contributed by atoms with van der Waals surface area (Å²) in [5.74, 6) is -2.68. The first kappa shape index (κ1) is 11.2. The molecule has 0 atom stereocenters. The maximum Gasteiger partial charge on any atom is 0.181 e. The van der Waals surface area contributed by atoms with Gasteiger partial charge in [-0.05, 0) is 31.0 Å². The summed E-state index contributed by atoms with van der Waals surface area (Å²) in [7, 11) is 0. The molecule has 0 unspecified atom stereocenters. The summed E-state index contributed by atoms with van der Waals surface area (Å²) < 4.78 is 25.6. The Bertz CT molecular complexity index is 344. The van der Waals surface area contributed by atoms with Crippen LogP contribution in [0, 0.1) is 11.6 Å². The van der Waals surface area contributed by atoms with Gasteiger partial charge in [-0.2, -0.15) is 0 Å². The van der Waals surface area contributed by atoms with Gasteiger partial charge in [-0.25, -0.2) is 8.78 Å². The average Bonchev–Trinajstić information content (AvgIpc) is 2.18. The minimum Gasteiger partial charge on any atom is -0.506 e. The van der Waals surface area contributed by atoms with Gasteiger partial charge in [-0.3, -0.25) is 0 Å². The smallest absolute Gasteiger partial charge is 0.181 e. The number of hydrogen-bond acceptors (Lipinski definition) is 2. The third-order valence-electron chi connectivity index (χ3n) is 1.87. The second-order valence-electron chi connectivity index (χ2n) is 2.89. The summed E-state index contributed by atoms with van der Waals surface area (Å²) in [6.07, 6.45) is 0.953. The van der Waals surface area contributed by atoms with E-state index >= 15 is 0 Å². The molecular formula is C9H10ClF2NO. The molecule has 5 heteroatoms. The van der Waals surface area contributed by atoms with Crippen LogP contribution >= 0.6 is 11.6 Å². The lowest BCUT2D eigenvalue weighted by molar-refractivity contribution is 0.447. The number of aromatic hydroxyl groups is 1. The molecule has 1 aromatic carbocycles. The normalized spacial score (nSPS) is 10.6. The molecule has 2 nitrogen and oxygen atoms in total. The van der Waals surface area contributed by atoms with Crippen LogP contribution in [-0.2, 0) is 6.42 Å². The molecular weight excluding hydrogens is 212 g/mol. The first-order valence-corrected chi connectivity index (χ1v) is 4.51. The lowest BCUT2D eigenvalue weighted by Crippen LogP contribution is -2.01. The summed E-state index contributed by atoms with van der Waals surface area (Å²) >= 11 is 5.37. The third-order valence-corrected chi connectivity index (χ3v) is 2.21. The second-order valence-corrected chi connectivity index (χ2v) is 3.26. The van der Waals surface area contributed by atoms with Gasteiger partial charge in [0, 0.05) is 0 Å². The van der Waals surface area contributed by atoms with E-state index in [1.54, 1.807) is 0 Å². The van der Waals surface area contributed by atoms with E-state index in [2.05, 4.69) is 0 Å². The summed E-state index contributed by atoms with van der Waals surface area (Å²) in [4.78, 5) is 0. The van der Waals surface area contributed by atoms with Gasteiger partial charge < -0.3 is 10.8 Å². The predicted octanol–water partition coefficient (Wildman–Crippen LogP) is 2.22. The van der Waals surface area contributed by atoms with Crippen LogP contribution in [0.5, 0.6) is 5.75 Å². The van der Waals surface area contributed by atoms with Crippen LogP contribution in [0.15, 0.2) is 6.07 Å². The molecule has 1 aromatic rings. The first-order chi connectivity index (χ1) is 6.57. The van der Waals surface area contributed by atoms with E-state index in [4.69, 9.17) is 17.3 Å². The lowest BCUT2D eigenvalue weighted by Gasteiger charge is -2.06. The molecule has 0 spiro atoms. The molecule has 0 bridgehead atoms. The van der Waals surface area contributed by atoms with Crippen molar-refractivity contribution >= 4 is 11.6 Å². The average molecular weight is 222 g/mol. The molecule has 14 heavy (non-hydrogen) atoms. The Morgan fingerprint density at radius 3 is 2.64 bits per heavy atom. The van der Waals surface area contributed by atoms with Crippen molar-refractivity contribution in [1.82, 2.24) is 0 Å². The lowest BCUT2D eigenvalue weighted by atomic mass is 10.1. The number of hydrogen-bond donors (Lipinski definition) is 2. The molecule has 0 saturated heterocycles. The van der Waals surface area contributed by atoms with E-state index < -0.39 is 22.4 Å². The highest BCUT2D eigenvalue weighted by Gasteiger charge is 2.15. The van der Waals surface area contributed by atoms with E-state index in [1.165, 1.54) is 0 Å². The Morgan fingerprint density at radius 1 is 1.43 bits per heavy atom. The van der Waals surface area contributed by atoms with Crippen molar-refractivity contribution < 1.29 is 13.9 Å². The van der Waals surface area contributed by atoms with Gasteiger partial charge in [0.05, 0.1) is 0 Å². The molecule has 0 heterocycles. The zero-order valence-electron chi connectivity index (χ0n) is 7.36. The van der Waals surface area contributed by atoms with Crippen LogP contribution in [0.25, 0.3) is 0 Å². The third kappa shape index (κ3) is 2.13. The fourth-order valence-electron chi connectivity index (χ4n) is 1.12. The van der Waals surface area contributed by atoms with Crippen molar-refractivity contribution in [2.75, 3.05) is 6.54 Å². The highest BCUT2D eigenvalue weighted by atomic mass is 35.5. The quantitative estimate of drug-likeness (QED) is 0.769.